The first kappa shape index (κ1) is 17.0. The quantitative estimate of drug-likeness (QED) is 0.832. The monoisotopic (exact) mass is 329 g/mol. The van der Waals surface area contributed by atoms with Gasteiger partial charge in [0, 0.05) is 51.3 Å². The Labute approximate surface area is 144 Å². The van der Waals surface area contributed by atoms with E-state index in [4.69, 9.17) is 0 Å². The van der Waals surface area contributed by atoms with Crippen molar-refractivity contribution < 1.29 is 9.59 Å². The molecule has 130 valence electrons. The zero-order valence-corrected chi connectivity index (χ0v) is 14.9. The van der Waals surface area contributed by atoms with Crippen LogP contribution in [-0.4, -0.2) is 59.9 Å². The normalized spacial score (nSPS) is 21.8. The number of anilines is 1. The number of carbonyl (C=O) groups is 2. The van der Waals surface area contributed by atoms with Crippen LogP contribution in [0, 0.1) is 0 Å². The lowest BCUT2D eigenvalue weighted by Crippen LogP contribution is -2.50. The van der Waals surface area contributed by atoms with E-state index in [1.807, 2.05) is 29.2 Å². The highest BCUT2D eigenvalue weighted by atomic mass is 16.2. The summed E-state index contributed by atoms with van der Waals surface area (Å²) >= 11 is 0. The molecule has 1 aromatic carbocycles. The third-order valence-corrected chi connectivity index (χ3v) is 5.17. The van der Waals surface area contributed by atoms with Crippen molar-refractivity contribution in [3.8, 4) is 0 Å². The summed E-state index contributed by atoms with van der Waals surface area (Å²) in [5.74, 6) is 0.0314. The maximum Gasteiger partial charge on any atom is 0.246 e. The lowest BCUT2D eigenvalue weighted by molar-refractivity contribution is -0.134. The number of hydrogen-bond donors (Lipinski definition) is 0. The fraction of sp³-hybridized carbons (Fsp3) is 0.579. The van der Waals surface area contributed by atoms with E-state index in [-0.39, 0.29) is 17.9 Å². The van der Waals surface area contributed by atoms with Crippen LogP contribution in [0.4, 0.5) is 5.69 Å². The molecule has 5 heteroatoms. The fourth-order valence-electron chi connectivity index (χ4n) is 3.86. The van der Waals surface area contributed by atoms with Crippen LogP contribution in [0.25, 0.3) is 0 Å². The Hall–Kier alpha value is -1.88. The number of fused-ring (bicyclic) bond motifs is 1. The molecule has 1 fully saturated rings. The van der Waals surface area contributed by atoms with Gasteiger partial charge in [0.15, 0.2) is 0 Å². The van der Waals surface area contributed by atoms with Crippen molar-refractivity contribution in [2.45, 2.75) is 45.7 Å². The summed E-state index contributed by atoms with van der Waals surface area (Å²) in [4.78, 5) is 31.3. The van der Waals surface area contributed by atoms with E-state index in [0.29, 0.717) is 12.5 Å². The predicted octanol–water partition coefficient (Wildman–Crippen LogP) is 1.91. The summed E-state index contributed by atoms with van der Waals surface area (Å²) < 4.78 is 0. The number of para-hydroxylation sites is 1. The van der Waals surface area contributed by atoms with Crippen LogP contribution in [0.2, 0.25) is 0 Å². The molecule has 2 aliphatic heterocycles. The molecule has 24 heavy (non-hydrogen) atoms. The maximum atomic E-state index is 13.1. The van der Waals surface area contributed by atoms with Gasteiger partial charge in [-0.2, -0.15) is 0 Å². The van der Waals surface area contributed by atoms with Crippen molar-refractivity contribution in [3.05, 3.63) is 29.8 Å². The second-order valence-electron chi connectivity index (χ2n) is 7.05. The van der Waals surface area contributed by atoms with Crippen LogP contribution in [0.1, 0.15) is 32.8 Å². The third-order valence-electron chi connectivity index (χ3n) is 5.17. The number of amides is 2. The first-order chi connectivity index (χ1) is 11.5. The average molecular weight is 329 g/mol. The summed E-state index contributed by atoms with van der Waals surface area (Å²) in [5, 5.41) is 0. The van der Waals surface area contributed by atoms with Crippen molar-refractivity contribution in [3.63, 3.8) is 0 Å². The summed E-state index contributed by atoms with van der Waals surface area (Å²) in [6.45, 7) is 9.40. The molecule has 0 saturated carbocycles. The van der Waals surface area contributed by atoms with E-state index in [0.717, 1.165) is 43.9 Å². The van der Waals surface area contributed by atoms with Gasteiger partial charge >= 0.3 is 0 Å². The van der Waals surface area contributed by atoms with Crippen LogP contribution in [0.3, 0.4) is 0 Å². The Morgan fingerprint density at radius 1 is 1.08 bits per heavy atom. The zero-order chi connectivity index (χ0) is 17.3. The van der Waals surface area contributed by atoms with E-state index in [9.17, 15) is 9.59 Å². The Morgan fingerprint density at radius 2 is 1.83 bits per heavy atom. The summed E-state index contributed by atoms with van der Waals surface area (Å²) in [7, 11) is 0. The molecule has 0 aliphatic carbocycles. The molecular weight excluding hydrogens is 302 g/mol. The molecule has 0 N–H and O–H groups in total. The van der Waals surface area contributed by atoms with Crippen molar-refractivity contribution in [2.24, 2.45) is 0 Å². The van der Waals surface area contributed by atoms with Gasteiger partial charge in [-0.25, -0.2) is 0 Å². The Morgan fingerprint density at radius 3 is 2.54 bits per heavy atom. The molecule has 3 rings (SSSR count). The SMILES string of the molecule is CC(=O)N1c2ccccc2C[C@H]1C(=O)N1CCCN(C(C)C)CC1. The molecular formula is C19H27N3O2. The van der Waals surface area contributed by atoms with Crippen LogP contribution < -0.4 is 4.90 Å². The highest BCUT2D eigenvalue weighted by molar-refractivity contribution is 6.02. The number of hydrogen-bond acceptors (Lipinski definition) is 3. The van der Waals surface area contributed by atoms with E-state index in [1.165, 1.54) is 0 Å². The average Bonchev–Trinajstić information content (AvgIpc) is 2.76. The minimum absolute atomic E-state index is 0.0584. The number of rotatable bonds is 2. The molecule has 0 spiro atoms. The van der Waals surface area contributed by atoms with Crippen LogP contribution in [0.15, 0.2) is 24.3 Å². The van der Waals surface area contributed by atoms with E-state index in [1.54, 1.807) is 11.8 Å². The Kier molecular flexibility index (Phi) is 4.90. The smallest absolute Gasteiger partial charge is 0.246 e. The maximum absolute atomic E-state index is 13.1. The minimum Gasteiger partial charge on any atom is -0.340 e. The van der Waals surface area contributed by atoms with Gasteiger partial charge < -0.3 is 4.90 Å². The minimum atomic E-state index is -0.384. The van der Waals surface area contributed by atoms with Gasteiger partial charge in [0.05, 0.1) is 0 Å². The first-order valence-corrected chi connectivity index (χ1v) is 8.89. The van der Waals surface area contributed by atoms with Gasteiger partial charge in [-0.15, -0.1) is 0 Å². The largest absolute Gasteiger partial charge is 0.340 e. The van der Waals surface area contributed by atoms with E-state index in [2.05, 4.69) is 18.7 Å². The number of carbonyl (C=O) groups excluding carboxylic acids is 2. The van der Waals surface area contributed by atoms with E-state index >= 15 is 0 Å². The molecule has 0 aromatic heterocycles. The molecule has 0 unspecified atom stereocenters. The topological polar surface area (TPSA) is 43.9 Å². The van der Waals surface area contributed by atoms with Crippen LogP contribution in [-0.2, 0) is 16.0 Å². The van der Waals surface area contributed by atoms with Crippen LogP contribution >= 0.6 is 0 Å². The molecule has 0 bridgehead atoms. The first-order valence-electron chi connectivity index (χ1n) is 8.89. The number of nitrogens with zero attached hydrogens (tertiary/aromatic N) is 3. The highest BCUT2D eigenvalue weighted by Gasteiger charge is 2.39. The van der Waals surface area contributed by atoms with Gasteiger partial charge in [-0.05, 0) is 31.9 Å². The Balaban J connectivity index is 1.76. The fourth-order valence-corrected chi connectivity index (χ4v) is 3.86. The molecule has 2 heterocycles. The van der Waals surface area contributed by atoms with Gasteiger partial charge in [0.25, 0.3) is 0 Å². The summed E-state index contributed by atoms with van der Waals surface area (Å²) in [6.07, 6.45) is 1.61. The van der Waals surface area contributed by atoms with Crippen molar-refractivity contribution in [2.75, 3.05) is 31.1 Å². The lowest BCUT2D eigenvalue weighted by atomic mass is 10.1. The van der Waals surface area contributed by atoms with Gasteiger partial charge in [0.1, 0.15) is 6.04 Å². The van der Waals surface area contributed by atoms with Crippen molar-refractivity contribution in [1.82, 2.24) is 9.80 Å². The third kappa shape index (κ3) is 3.18. The van der Waals surface area contributed by atoms with Crippen molar-refractivity contribution in [1.29, 1.82) is 0 Å². The zero-order valence-electron chi connectivity index (χ0n) is 14.9. The standard InChI is InChI=1S/C19H27N3O2/c1-14(2)20-9-6-10-21(12-11-20)19(24)18-13-16-7-4-5-8-17(16)22(18)15(3)23/h4-5,7-8,14,18H,6,9-13H2,1-3H3/t18-/m0/s1. The molecule has 1 aromatic rings. The van der Waals surface area contributed by atoms with E-state index < -0.39 is 0 Å². The van der Waals surface area contributed by atoms with Gasteiger partial charge in [-0.1, -0.05) is 18.2 Å². The summed E-state index contributed by atoms with van der Waals surface area (Å²) in [6, 6.07) is 7.97. The lowest BCUT2D eigenvalue weighted by Gasteiger charge is -2.30. The molecule has 5 nitrogen and oxygen atoms in total. The predicted molar refractivity (Wildman–Crippen MR) is 95.0 cm³/mol. The molecule has 1 atom stereocenters. The molecule has 1 saturated heterocycles. The van der Waals surface area contributed by atoms with Crippen molar-refractivity contribution >= 4 is 17.5 Å². The molecule has 0 radical (unpaired) electrons. The Bertz CT molecular complexity index is 629. The summed E-state index contributed by atoms with van der Waals surface area (Å²) in [5.41, 5.74) is 1.98. The highest BCUT2D eigenvalue weighted by Crippen LogP contribution is 2.33. The second kappa shape index (κ2) is 6.93. The van der Waals surface area contributed by atoms with Gasteiger partial charge in [-0.3, -0.25) is 19.4 Å². The molecule has 2 aliphatic rings. The molecule has 2 amide bonds. The second-order valence-corrected chi connectivity index (χ2v) is 7.05. The van der Waals surface area contributed by atoms with Gasteiger partial charge in [0.2, 0.25) is 11.8 Å². The van der Waals surface area contributed by atoms with Crippen LogP contribution in [0.5, 0.6) is 0 Å². The number of benzene rings is 1.